The maximum atomic E-state index is 9.13. The third kappa shape index (κ3) is 1.95. The highest BCUT2D eigenvalue weighted by atomic mass is 32.1. The lowest BCUT2D eigenvalue weighted by Gasteiger charge is -2.35. The molecule has 2 nitrogen and oxygen atoms in total. The molecule has 2 rings (SSSR count). The van der Waals surface area contributed by atoms with Crippen LogP contribution in [0.25, 0.3) is 0 Å². The van der Waals surface area contributed by atoms with Gasteiger partial charge in [0.05, 0.1) is 11.5 Å². The van der Waals surface area contributed by atoms with E-state index >= 15 is 0 Å². The van der Waals surface area contributed by atoms with Crippen molar-refractivity contribution in [1.82, 2.24) is 0 Å². The molecule has 15 heavy (non-hydrogen) atoms. The summed E-state index contributed by atoms with van der Waals surface area (Å²) in [6.45, 7) is 0. The van der Waals surface area contributed by atoms with E-state index in [0.29, 0.717) is 5.69 Å². The molecule has 0 aliphatic heterocycles. The van der Waals surface area contributed by atoms with Gasteiger partial charge in [0, 0.05) is 10.6 Å². The third-order valence-corrected chi connectivity index (χ3v) is 3.57. The van der Waals surface area contributed by atoms with E-state index in [9.17, 15) is 0 Å². The first-order valence-electron chi connectivity index (χ1n) is 5.14. The Morgan fingerprint density at radius 3 is 2.67 bits per heavy atom. The van der Waals surface area contributed by atoms with Gasteiger partial charge in [-0.15, -0.1) is 12.6 Å². The van der Waals surface area contributed by atoms with Gasteiger partial charge in [-0.3, -0.25) is 0 Å². The number of nitriles is 1. The topological polar surface area (TPSA) is 49.8 Å². The van der Waals surface area contributed by atoms with Gasteiger partial charge in [0.15, 0.2) is 0 Å². The summed E-state index contributed by atoms with van der Waals surface area (Å²) >= 11 is 4.29. The van der Waals surface area contributed by atoms with E-state index in [1.54, 1.807) is 0 Å². The molecule has 0 spiro atoms. The van der Waals surface area contributed by atoms with E-state index < -0.39 is 0 Å². The van der Waals surface area contributed by atoms with Crippen molar-refractivity contribution in [2.75, 3.05) is 5.73 Å². The van der Waals surface area contributed by atoms with Gasteiger partial charge < -0.3 is 5.73 Å². The molecule has 0 heterocycles. The van der Waals surface area contributed by atoms with E-state index in [4.69, 9.17) is 11.0 Å². The second kappa shape index (κ2) is 3.79. The van der Waals surface area contributed by atoms with Crippen LogP contribution in [-0.2, 0) is 6.42 Å². The predicted octanol–water partition coefficient (Wildman–Crippen LogP) is 2.79. The molecule has 78 valence electrons. The van der Waals surface area contributed by atoms with Gasteiger partial charge in [-0.05, 0) is 37.0 Å². The lowest BCUT2D eigenvalue weighted by Crippen LogP contribution is -2.29. The quantitative estimate of drug-likeness (QED) is 0.592. The molecule has 0 saturated heterocycles. The summed E-state index contributed by atoms with van der Waals surface area (Å²) in [6, 6.07) is 8.26. The molecule has 1 aromatic carbocycles. The first kappa shape index (κ1) is 10.4. The fraction of sp³-hybridized carbons (Fsp3) is 0.417. The summed E-state index contributed by atoms with van der Waals surface area (Å²) in [4.78, 5) is 0.805. The van der Waals surface area contributed by atoms with E-state index in [1.165, 1.54) is 6.42 Å². The highest BCUT2D eigenvalue weighted by Crippen LogP contribution is 2.43. The van der Waals surface area contributed by atoms with Crippen molar-refractivity contribution in [3.05, 3.63) is 23.8 Å². The summed E-state index contributed by atoms with van der Waals surface area (Å²) in [5.74, 6) is 0. The van der Waals surface area contributed by atoms with Gasteiger partial charge in [-0.1, -0.05) is 12.5 Å². The molecule has 0 radical (unpaired) electrons. The van der Waals surface area contributed by atoms with Crippen molar-refractivity contribution in [2.24, 2.45) is 5.41 Å². The number of benzene rings is 1. The zero-order valence-corrected chi connectivity index (χ0v) is 9.43. The van der Waals surface area contributed by atoms with Crippen LogP contribution in [-0.4, -0.2) is 0 Å². The molecular weight excluding hydrogens is 204 g/mol. The minimum Gasteiger partial charge on any atom is -0.398 e. The zero-order chi connectivity index (χ0) is 10.9. The van der Waals surface area contributed by atoms with E-state index in [0.717, 1.165) is 29.7 Å². The van der Waals surface area contributed by atoms with Gasteiger partial charge in [0.1, 0.15) is 0 Å². The minimum atomic E-state index is -0.115. The molecule has 2 N–H and O–H groups in total. The molecule has 1 aliphatic carbocycles. The van der Waals surface area contributed by atoms with Gasteiger partial charge in [0.2, 0.25) is 0 Å². The number of hydrogen-bond donors (Lipinski definition) is 2. The Bertz CT molecular complexity index is 416. The summed E-state index contributed by atoms with van der Waals surface area (Å²) < 4.78 is 0. The Balaban J connectivity index is 2.18. The largest absolute Gasteiger partial charge is 0.398 e. The first-order valence-corrected chi connectivity index (χ1v) is 5.59. The molecule has 0 aromatic heterocycles. The molecule has 0 amide bonds. The molecule has 1 aromatic rings. The number of nitrogens with zero attached hydrogens (tertiary/aromatic N) is 1. The number of thiol groups is 1. The van der Waals surface area contributed by atoms with Crippen molar-refractivity contribution < 1.29 is 0 Å². The number of rotatable bonds is 2. The Kier molecular flexibility index (Phi) is 2.62. The molecule has 0 bridgehead atoms. The Morgan fingerprint density at radius 1 is 1.47 bits per heavy atom. The van der Waals surface area contributed by atoms with Crippen LogP contribution in [0.2, 0.25) is 0 Å². The van der Waals surface area contributed by atoms with Crippen LogP contribution in [0.5, 0.6) is 0 Å². The van der Waals surface area contributed by atoms with Gasteiger partial charge in [-0.2, -0.15) is 5.26 Å². The summed E-state index contributed by atoms with van der Waals surface area (Å²) in [5.41, 5.74) is 7.43. The highest BCUT2D eigenvalue weighted by Gasteiger charge is 2.37. The van der Waals surface area contributed by atoms with Crippen LogP contribution in [0.15, 0.2) is 23.1 Å². The third-order valence-electron chi connectivity index (χ3n) is 3.19. The summed E-state index contributed by atoms with van der Waals surface area (Å²) in [6.07, 6.45) is 4.05. The fourth-order valence-corrected chi connectivity index (χ4v) is 2.26. The van der Waals surface area contributed by atoms with Gasteiger partial charge in [-0.25, -0.2) is 0 Å². The predicted molar refractivity (Wildman–Crippen MR) is 63.7 cm³/mol. The molecule has 1 aliphatic rings. The Hall–Kier alpha value is -1.14. The van der Waals surface area contributed by atoms with Crippen molar-refractivity contribution in [3.8, 4) is 6.07 Å². The van der Waals surface area contributed by atoms with Crippen LogP contribution >= 0.6 is 12.6 Å². The summed E-state index contributed by atoms with van der Waals surface area (Å²) in [7, 11) is 0. The number of nitrogens with two attached hydrogens (primary N) is 1. The van der Waals surface area contributed by atoms with Crippen LogP contribution < -0.4 is 5.73 Å². The van der Waals surface area contributed by atoms with Crippen LogP contribution in [0.1, 0.15) is 24.8 Å². The standard InChI is InChI=1S/C12H14N2S/c13-8-12(4-1-5-12)7-9-2-3-10(14)11(15)6-9/h2-3,6,15H,1,4-5,7,14H2. The molecular formula is C12H14N2S. The number of hydrogen-bond acceptors (Lipinski definition) is 3. The maximum Gasteiger partial charge on any atom is 0.0693 e. The fourth-order valence-electron chi connectivity index (χ4n) is 2.02. The molecule has 3 heteroatoms. The van der Waals surface area contributed by atoms with Crippen LogP contribution in [0, 0.1) is 16.7 Å². The van der Waals surface area contributed by atoms with E-state index in [-0.39, 0.29) is 5.41 Å². The Labute approximate surface area is 95.5 Å². The van der Waals surface area contributed by atoms with Gasteiger partial charge in [0.25, 0.3) is 0 Å². The highest BCUT2D eigenvalue weighted by molar-refractivity contribution is 7.80. The monoisotopic (exact) mass is 218 g/mol. The molecule has 0 unspecified atom stereocenters. The zero-order valence-electron chi connectivity index (χ0n) is 8.53. The second-order valence-corrected chi connectivity index (χ2v) is 4.80. The van der Waals surface area contributed by atoms with Crippen molar-refractivity contribution in [1.29, 1.82) is 5.26 Å². The summed E-state index contributed by atoms with van der Waals surface area (Å²) in [5, 5.41) is 9.13. The normalized spacial score (nSPS) is 17.9. The molecule has 0 atom stereocenters. The molecule has 1 fully saturated rings. The van der Waals surface area contributed by atoms with Gasteiger partial charge >= 0.3 is 0 Å². The minimum absolute atomic E-state index is 0.115. The Morgan fingerprint density at radius 2 is 2.20 bits per heavy atom. The SMILES string of the molecule is N#CC1(Cc2ccc(N)c(S)c2)CCC1. The van der Waals surface area contributed by atoms with Crippen molar-refractivity contribution in [3.63, 3.8) is 0 Å². The maximum absolute atomic E-state index is 9.13. The molecule has 1 saturated carbocycles. The first-order chi connectivity index (χ1) is 7.15. The second-order valence-electron chi connectivity index (χ2n) is 4.32. The van der Waals surface area contributed by atoms with Crippen molar-refractivity contribution >= 4 is 18.3 Å². The van der Waals surface area contributed by atoms with E-state index in [2.05, 4.69) is 18.7 Å². The van der Waals surface area contributed by atoms with E-state index in [1.807, 2.05) is 18.2 Å². The average Bonchev–Trinajstić information content (AvgIpc) is 2.17. The lowest BCUT2D eigenvalue weighted by atomic mass is 9.66. The average molecular weight is 218 g/mol. The van der Waals surface area contributed by atoms with Crippen LogP contribution in [0.4, 0.5) is 5.69 Å². The van der Waals surface area contributed by atoms with Crippen LogP contribution in [0.3, 0.4) is 0 Å². The lowest BCUT2D eigenvalue weighted by molar-refractivity contribution is 0.214. The van der Waals surface area contributed by atoms with Crippen molar-refractivity contribution in [2.45, 2.75) is 30.6 Å². The number of anilines is 1. The smallest absolute Gasteiger partial charge is 0.0693 e. The number of nitrogen functional groups attached to an aromatic ring is 1.